The molecule has 1 fully saturated rings. The first-order chi connectivity index (χ1) is 14.1. The average molecular weight is 426 g/mol. The van der Waals surface area contributed by atoms with Gasteiger partial charge in [0.05, 0.1) is 5.57 Å². The maximum absolute atomic E-state index is 12.9. The number of aromatic nitrogens is 1. The molecule has 1 saturated heterocycles. The largest absolute Gasteiger partial charge is 0.507 e. The fraction of sp³-hybridized carbons (Fsp3) is 0.150. The fourth-order valence-corrected chi connectivity index (χ4v) is 4.92. The smallest absolute Gasteiger partial charge is 0.301 e. The van der Waals surface area contributed by atoms with Gasteiger partial charge < -0.3 is 14.6 Å². The van der Waals surface area contributed by atoms with Crippen LogP contribution in [-0.2, 0) is 9.59 Å². The van der Waals surface area contributed by atoms with Crippen LogP contribution in [0.3, 0.4) is 0 Å². The predicted octanol–water partition coefficient (Wildman–Crippen LogP) is 3.60. The van der Waals surface area contributed by atoms with Gasteiger partial charge in [-0.25, -0.2) is 4.98 Å². The lowest BCUT2D eigenvalue weighted by Crippen LogP contribution is -2.28. The molecule has 2 aliphatic heterocycles. The number of hydrogen-bond acceptors (Lipinski definition) is 8. The zero-order chi connectivity index (χ0) is 20.0. The molecule has 0 radical (unpaired) electrons. The number of aliphatic hydroxyl groups excluding tert-OH is 1. The van der Waals surface area contributed by atoms with E-state index in [2.05, 4.69) is 4.98 Å². The van der Waals surface area contributed by atoms with Crippen molar-refractivity contribution in [3.8, 4) is 11.5 Å². The van der Waals surface area contributed by atoms with Crippen molar-refractivity contribution < 1.29 is 24.2 Å². The van der Waals surface area contributed by atoms with Gasteiger partial charge in [0.2, 0.25) is 0 Å². The molecule has 0 aliphatic carbocycles. The van der Waals surface area contributed by atoms with E-state index in [1.54, 1.807) is 29.8 Å². The molecule has 3 aromatic rings. The van der Waals surface area contributed by atoms with Gasteiger partial charge in [0.15, 0.2) is 16.6 Å². The summed E-state index contributed by atoms with van der Waals surface area (Å²) in [6, 6.07) is 7.87. The minimum absolute atomic E-state index is 0.0318. The third-order valence-corrected chi connectivity index (χ3v) is 6.39. The molecule has 0 bridgehead atoms. The molecule has 1 amide bonds. The number of ketones is 1. The van der Waals surface area contributed by atoms with E-state index in [0.717, 1.165) is 4.88 Å². The number of aliphatic hydroxyl groups is 1. The molecule has 1 unspecified atom stereocenters. The number of carbonyl (C=O) groups excluding carboxylic acids is 2. The second-order valence-corrected chi connectivity index (χ2v) is 8.21. The van der Waals surface area contributed by atoms with Crippen LogP contribution in [0.2, 0.25) is 0 Å². The minimum Gasteiger partial charge on any atom is -0.507 e. The number of nitrogens with zero attached hydrogens (tertiary/aromatic N) is 2. The summed E-state index contributed by atoms with van der Waals surface area (Å²) in [6.07, 6.45) is 1.58. The monoisotopic (exact) mass is 426 g/mol. The second-order valence-electron chi connectivity index (χ2n) is 6.36. The van der Waals surface area contributed by atoms with Gasteiger partial charge in [-0.15, -0.1) is 22.7 Å². The Morgan fingerprint density at radius 1 is 1.10 bits per heavy atom. The Bertz CT molecular complexity index is 1120. The summed E-state index contributed by atoms with van der Waals surface area (Å²) < 4.78 is 11.1. The number of hydrogen-bond donors (Lipinski definition) is 1. The normalized spacial score (nSPS) is 20.3. The number of thiophene rings is 1. The van der Waals surface area contributed by atoms with E-state index in [9.17, 15) is 14.7 Å². The summed E-state index contributed by atoms with van der Waals surface area (Å²) in [4.78, 5) is 32.1. The number of fused-ring (bicyclic) bond motifs is 1. The van der Waals surface area contributed by atoms with Crippen molar-refractivity contribution in [1.29, 1.82) is 0 Å². The van der Waals surface area contributed by atoms with E-state index in [1.165, 1.54) is 27.6 Å². The number of amides is 1. The topological polar surface area (TPSA) is 89.0 Å². The van der Waals surface area contributed by atoms with Crippen LogP contribution in [0, 0.1) is 0 Å². The van der Waals surface area contributed by atoms with Crippen LogP contribution in [-0.4, -0.2) is 35.0 Å². The van der Waals surface area contributed by atoms with Crippen molar-refractivity contribution in [3.05, 3.63) is 63.3 Å². The van der Waals surface area contributed by atoms with Crippen LogP contribution in [0.5, 0.6) is 11.5 Å². The highest BCUT2D eigenvalue weighted by Crippen LogP contribution is 2.44. The average Bonchev–Trinajstić information content (AvgIpc) is 3.49. The predicted molar refractivity (Wildman–Crippen MR) is 109 cm³/mol. The molecule has 1 atom stereocenters. The summed E-state index contributed by atoms with van der Waals surface area (Å²) in [5.74, 6) is -0.644. The summed E-state index contributed by atoms with van der Waals surface area (Å²) in [7, 11) is 0. The SMILES string of the molecule is O=C1C(=O)N(c2nccs2)C(c2cccs2)C1=C(O)c1ccc2c(c1)OCCO2. The Morgan fingerprint density at radius 3 is 2.66 bits per heavy atom. The lowest BCUT2D eigenvalue weighted by Gasteiger charge is -2.22. The molecule has 9 heteroatoms. The van der Waals surface area contributed by atoms with Crippen molar-refractivity contribution >= 4 is 45.3 Å². The summed E-state index contributed by atoms with van der Waals surface area (Å²) >= 11 is 2.67. The number of Topliss-reactive ketones (excluding diaryl/α,β-unsaturated/α-hetero) is 1. The molecule has 146 valence electrons. The summed E-state index contributed by atoms with van der Waals surface area (Å²) in [5.41, 5.74) is 0.414. The molecule has 2 aromatic heterocycles. The molecule has 1 N–H and O–H groups in total. The third kappa shape index (κ3) is 2.90. The molecule has 29 heavy (non-hydrogen) atoms. The zero-order valence-corrected chi connectivity index (χ0v) is 16.5. The molecule has 2 aliphatic rings. The fourth-order valence-electron chi connectivity index (χ4n) is 3.43. The molecular formula is C20H14N2O5S2. The van der Waals surface area contributed by atoms with Gasteiger partial charge in [-0.3, -0.25) is 14.5 Å². The number of rotatable bonds is 3. The first kappa shape index (κ1) is 17.9. The zero-order valence-electron chi connectivity index (χ0n) is 14.9. The van der Waals surface area contributed by atoms with Crippen molar-refractivity contribution in [2.24, 2.45) is 0 Å². The van der Waals surface area contributed by atoms with Gasteiger partial charge in [0.25, 0.3) is 5.78 Å². The Balaban J connectivity index is 1.67. The molecule has 4 heterocycles. The van der Waals surface area contributed by atoms with Gasteiger partial charge >= 0.3 is 5.91 Å². The highest BCUT2D eigenvalue weighted by molar-refractivity contribution is 7.14. The Labute approximate surface area is 173 Å². The molecule has 1 aromatic carbocycles. The highest BCUT2D eigenvalue weighted by Gasteiger charge is 2.48. The minimum atomic E-state index is -0.744. The number of ether oxygens (including phenoxy) is 2. The maximum Gasteiger partial charge on any atom is 0.301 e. The highest BCUT2D eigenvalue weighted by atomic mass is 32.1. The molecule has 5 rings (SSSR count). The van der Waals surface area contributed by atoms with Crippen molar-refractivity contribution in [2.75, 3.05) is 18.1 Å². The van der Waals surface area contributed by atoms with Crippen LogP contribution in [0.25, 0.3) is 5.76 Å². The first-order valence-corrected chi connectivity index (χ1v) is 10.5. The van der Waals surface area contributed by atoms with Gasteiger partial charge in [-0.1, -0.05) is 6.07 Å². The lowest BCUT2D eigenvalue weighted by atomic mass is 9.99. The number of benzene rings is 1. The van der Waals surface area contributed by atoms with Crippen LogP contribution < -0.4 is 14.4 Å². The van der Waals surface area contributed by atoms with E-state index in [0.29, 0.717) is 35.4 Å². The van der Waals surface area contributed by atoms with Crippen LogP contribution >= 0.6 is 22.7 Å². The van der Waals surface area contributed by atoms with Gasteiger partial charge in [-0.2, -0.15) is 0 Å². The van der Waals surface area contributed by atoms with E-state index in [1.807, 2.05) is 17.5 Å². The Morgan fingerprint density at radius 2 is 1.93 bits per heavy atom. The molecule has 0 spiro atoms. The summed E-state index contributed by atoms with van der Waals surface area (Å²) in [6.45, 7) is 0.858. The van der Waals surface area contributed by atoms with Crippen molar-refractivity contribution in [2.45, 2.75) is 6.04 Å². The van der Waals surface area contributed by atoms with Crippen LogP contribution in [0.15, 0.2) is 52.9 Å². The van der Waals surface area contributed by atoms with E-state index >= 15 is 0 Å². The Hall–Kier alpha value is -3.17. The third-order valence-electron chi connectivity index (χ3n) is 4.70. The van der Waals surface area contributed by atoms with Gasteiger partial charge in [0, 0.05) is 22.0 Å². The second kappa shape index (κ2) is 7.02. The van der Waals surface area contributed by atoms with Crippen LogP contribution in [0.4, 0.5) is 5.13 Å². The van der Waals surface area contributed by atoms with Gasteiger partial charge in [0.1, 0.15) is 25.0 Å². The van der Waals surface area contributed by atoms with Crippen molar-refractivity contribution in [3.63, 3.8) is 0 Å². The first-order valence-electron chi connectivity index (χ1n) is 8.79. The van der Waals surface area contributed by atoms with E-state index < -0.39 is 17.7 Å². The number of thiazole rings is 1. The molecular weight excluding hydrogens is 412 g/mol. The summed E-state index contributed by atoms with van der Waals surface area (Å²) in [5, 5.41) is 15.1. The Kier molecular flexibility index (Phi) is 4.33. The van der Waals surface area contributed by atoms with Crippen molar-refractivity contribution in [1.82, 2.24) is 4.98 Å². The van der Waals surface area contributed by atoms with E-state index in [-0.39, 0.29) is 11.3 Å². The quantitative estimate of drug-likeness (QED) is 0.391. The standard InChI is InChI=1S/C20H14N2O5S2/c23-17(11-3-4-12-13(10-11)27-7-6-26-12)15-16(14-2-1-8-28-14)22(19(25)18(15)24)20-21-5-9-29-20/h1-5,8-10,16,23H,6-7H2. The maximum atomic E-state index is 12.9. The lowest BCUT2D eigenvalue weighted by molar-refractivity contribution is -0.132. The number of anilines is 1. The van der Waals surface area contributed by atoms with E-state index in [4.69, 9.17) is 9.47 Å². The van der Waals surface area contributed by atoms with Gasteiger partial charge in [-0.05, 0) is 29.6 Å². The molecule has 7 nitrogen and oxygen atoms in total. The van der Waals surface area contributed by atoms with Crippen LogP contribution in [0.1, 0.15) is 16.5 Å². The molecule has 0 saturated carbocycles. The number of carbonyl (C=O) groups is 2.